The molecule has 0 saturated carbocycles. The molecule has 0 atom stereocenters. The summed E-state index contributed by atoms with van der Waals surface area (Å²) in [5.74, 6) is 0.101. The second-order valence-electron chi connectivity index (χ2n) is 5.49. The van der Waals surface area contributed by atoms with E-state index in [1.807, 2.05) is 29.9 Å². The molecule has 1 aromatic heterocycles. The maximum absolute atomic E-state index is 12.8. The van der Waals surface area contributed by atoms with E-state index in [2.05, 4.69) is 0 Å². The summed E-state index contributed by atoms with van der Waals surface area (Å²) in [4.78, 5) is 26.7. The number of ether oxygens (including phenoxy) is 1. The number of aryl methyl sites for hydroxylation is 1. The van der Waals surface area contributed by atoms with Crippen molar-refractivity contribution in [2.45, 2.75) is 0 Å². The molecule has 0 fully saturated rings. The number of rotatable bonds is 2. The number of amides is 2. The summed E-state index contributed by atoms with van der Waals surface area (Å²) in [6.07, 6.45) is 1.89. The molecule has 0 unspecified atom stereocenters. The molecule has 5 nitrogen and oxygen atoms in total. The van der Waals surface area contributed by atoms with Gasteiger partial charge in [-0.15, -0.1) is 0 Å². The van der Waals surface area contributed by atoms with Crippen molar-refractivity contribution in [1.29, 1.82) is 0 Å². The van der Waals surface area contributed by atoms with Gasteiger partial charge in [0.05, 0.1) is 23.9 Å². The van der Waals surface area contributed by atoms with Gasteiger partial charge in [-0.25, -0.2) is 4.90 Å². The normalized spacial score (nSPS) is 13.7. The Morgan fingerprint density at radius 2 is 1.65 bits per heavy atom. The number of aromatic nitrogens is 1. The van der Waals surface area contributed by atoms with Crippen molar-refractivity contribution in [2.24, 2.45) is 7.05 Å². The third kappa shape index (κ3) is 1.80. The minimum atomic E-state index is -0.291. The maximum atomic E-state index is 12.8. The molecule has 0 radical (unpaired) electrons. The van der Waals surface area contributed by atoms with Crippen molar-refractivity contribution < 1.29 is 14.3 Å². The van der Waals surface area contributed by atoms with Crippen LogP contribution in [0.25, 0.3) is 10.9 Å². The Labute approximate surface area is 132 Å². The van der Waals surface area contributed by atoms with Crippen LogP contribution in [0.4, 0.5) is 5.69 Å². The molecule has 0 N–H and O–H groups in total. The van der Waals surface area contributed by atoms with Crippen LogP contribution in [0.5, 0.6) is 5.75 Å². The van der Waals surface area contributed by atoms with E-state index >= 15 is 0 Å². The highest BCUT2D eigenvalue weighted by Crippen LogP contribution is 2.34. The highest BCUT2D eigenvalue weighted by molar-refractivity contribution is 6.37. The molecule has 2 amide bonds. The average molecular weight is 306 g/mol. The standard InChI is InChI=1S/C18H14N2O3/c1-19-10-9-13-15(19)8-7-14-16(13)18(22)20(17(14)21)11-3-5-12(23-2)6-4-11/h3-10H,1-2H3. The molecule has 23 heavy (non-hydrogen) atoms. The van der Waals surface area contributed by atoms with Crippen LogP contribution in [-0.2, 0) is 7.05 Å². The number of carbonyl (C=O) groups excluding carboxylic acids is 2. The van der Waals surface area contributed by atoms with E-state index in [4.69, 9.17) is 4.74 Å². The van der Waals surface area contributed by atoms with Crippen LogP contribution < -0.4 is 9.64 Å². The molecular weight excluding hydrogens is 292 g/mol. The fourth-order valence-corrected chi connectivity index (χ4v) is 3.05. The first-order valence-corrected chi connectivity index (χ1v) is 7.22. The Balaban J connectivity index is 1.87. The topological polar surface area (TPSA) is 51.5 Å². The van der Waals surface area contributed by atoms with Crippen LogP contribution in [0.15, 0.2) is 48.7 Å². The fraction of sp³-hybridized carbons (Fsp3) is 0.111. The van der Waals surface area contributed by atoms with E-state index in [9.17, 15) is 9.59 Å². The summed E-state index contributed by atoms with van der Waals surface area (Å²) in [5, 5.41) is 0.805. The summed E-state index contributed by atoms with van der Waals surface area (Å²) in [7, 11) is 3.49. The Morgan fingerprint density at radius 1 is 0.913 bits per heavy atom. The zero-order chi connectivity index (χ0) is 16.1. The van der Waals surface area contributed by atoms with Gasteiger partial charge in [-0.2, -0.15) is 0 Å². The van der Waals surface area contributed by atoms with Gasteiger partial charge < -0.3 is 9.30 Å². The second kappa shape index (κ2) is 4.71. The average Bonchev–Trinajstić information content (AvgIpc) is 3.07. The van der Waals surface area contributed by atoms with Gasteiger partial charge in [0.1, 0.15) is 5.75 Å². The molecule has 4 rings (SSSR count). The monoisotopic (exact) mass is 306 g/mol. The molecule has 3 aromatic rings. The number of imide groups is 1. The number of hydrogen-bond acceptors (Lipinski definition) is 3. The van der Waals surface area contributed by atoms with E-state index in [0.29, 0.717) is 22.6 Å². The Morgan fingerprint density at radius 3 is 2.35 bits per heavy atom. The smallest absolute Gasteiger partial charge is 0.266 e. The number of nitrogens with zero attached hydrogens (tertiary/aromatic N) is 2. The lowest BCUT2D eigenvalue weighted by atomic mass is 10.1. The van der Waals surface area contributed by atoms with Gasteiger partial charge in [0.25, 0.3) is 11.8 Å². The zero-order valence-corrected chi connectivity index (χ0v) is 12.7. The Bertz CT molecular complexity index is 954. The second-order valence-corrected chi connectivity index (χ2v) is 5.49. The quantitative estimate of drug-likeness (QED) is 0.684. The molecule has 0 spiro atoms. The summed E-state index contributed by atoms with van der Waals surface area (Å²) >= 11 is 0. The van der Waals surface area contributed by atoms with Gasteiger partial charge in [0.15, 0.2) is 0 Å². The van der Waals surface area contributed by atoms with Crippen LogP contribution in [-0.4, -0.2) is 23.5 Å². The van der Waals surface area contributed by atoms with Gasteiger partial charge in [0, 0.05) is 24.1 Å². The molecule has 5 heteroatoms. The number of carbonyl (C=O) groups is 2. The number of hydrogen-bond donors (Lipinski definition) is 0. The molecule has 1 aliphatic rings. The molecule has 0 saturated heterocycles. The van der Waals surface area contributed by atoms with E-state index in [1.165, 1.54) is 4.90 Å². The van der Waals surface area contributed by atoms with Crippen LogP contribution >= 0.6 is 0 Å². The van der Waals surface area contributed by atoms with Crippen molar-refractivity contribution in [3.63, 3.8) is 0 Å². The van der Waals surface area contributed by atoms with Crippen LogP contribution in [0.2, 0.25) is 0 Å². The fourth-order valence-electron chi connectivity index (χ4n) is 3.05. The third-order valence-corrected chi connectivity index (χ3v) is 4.25. The molecule has 114 valence electrons. The molecule has 0 aliphatic carbocycles. The summed E-state index contributed by atoms with van der Waals surface area (Å²) in [6, 6.07) is 12.4. The van der Waals surface area contributed by atoms with Crippen molar-refractivity contribution in [1.82, 2.24) is 4.57 Å². The van der Waals surface area contributed by atoms with Crippen molar-refractivity contribution in [3.05, 3.63) is 59.8 Å². The van der Waals surface area contributed by atoms with Gasteiger partial charge in [-0.05, 0) is 42.5 Å². The summed E-state index contributed by atoms with van der Waals surface area (Å²) < 4.78 is 7.05. The Kier molecular flexibility index (Phi) is 2.78. The van der Waals surface area contributed by atoms with Crippen LogP contribution in [0.1, 0.15) is 20.7 Å². The van der Waals surface area contributed by atoms with E-state index in [-0.39, 0.29) is 11.8 Å². The predicted octanol–water partition coefficient (Wildman–Crippen LogP) is 2.99. The predicted molar refractivity (Wildman–Crippen MR) is 87.1 cm³/mol. The SMILES string of the molecule is COc1ccc(N2C(=O)c3ccc4c(ccn4C)c3C2=O)cc1. The van der Waals surface area contributed by atoms with Crippen molar-refractivity contribution in [2.75, 3.05) is 12.0 Å². The molecule has 1 aliphatic heterocycles. The van der Waals surface area contributed by atoms with E-state index in [0.717, 1.165) is 10.9 Å². The number of anilines is 1. The zero-order valence-electron chi connectivity index (χ0n) is 12.7. The lowest BCUT2D eigenvalue weighted by Gasteiger charge is -2.14. The van der Waals surface area contributed by atoms with Gasteiger partial charge in [0.2, 0.25) is 0 Å². The third-order valence-electron chi connectivity index (χ3n) is 4.25. The van der Waals surface area contributed by atoms with Crippen LogP contribution in [0, 0.1) is 0 Å². The van der Waals surface area contributed by atoms with Crippen molar-refractivity contribution in [3.8, 4) is 5.75 Å². The lowest BCUT2D eigenvalue weighted by Crippen LogP contribution is -2.29. The van der Waals surface area contributed by atoms with E-state index < -0.39 is 0 Å². The number of benzene rings is 2. The van der Waals surface area contributed by atoms with E-state index in [1.54, 1.807) is 37.4 Å². The lowest BCUT2D eigenvalue weighted by molar-refractivity contribution is 0.0926. The molecule has 2 heterocycles. The first-order valence-electron chi connectivity index (χ1n) is 7.22. The molecule has 2 aromatic carbocycles. The van der Waals surface area contributed by atoms with Crippen LogP contribution in [0.3, 0.4) is 0 Å². The van der Waals surface area contributed by atoms with Gasteiger partial charge in [-0.3, -0.25) is 9.59 Å². The van der Waals surface area contributed by atoms with Gasteiger partial charge >= 0.3 is 0 Å². The molecular formula is C18H14N2O3. The number of methoxy groups -OCH3 is 1. The van der Waals surface area contributed by atoms with Crippen molar-refractivity contribution >= 4 is 28.4 Å². The molecule has 0 bridgehead atoms. The number of fused-ring (bicyclic) bond motifs is 3. The largest absolute Gasteiger partial charge is 0.497 e. The highest BCUT2D eigenvalue weighted by atomic mass is 16.5. The maximum Gasteiger partial charge on any atom is 0.266 e. The summed E-state index contributed by atoms with van der Waals surface area (Å²) in [6.45, 7) is 0. The van der Waals surface area contributed by atoms with Gasteiger partial charge in [-0.1, -0.05) is 0 Å². The first kappa shape index (κ1) is 13.6. The first-order chi connectivity index (χ1) is 11.1. The highest BCUT2D eigenvalue weighted by Gasteiger charge is 2.38. The summed E-state index contributed by atoms with van der Waals surface area (Å²) in [5.41, 5.74) is 2.40. The minimum Gasteiger partial charge on any atom is -0.497 e. The Hall–Kier alpha value is -3.08. The minimum absolute atomic E-state index is 0.285.